The fraction of sp³-hybridized carbons (Fsp3) is 0. The first-order valence-electron chi connectivity index (χ1n) is 5.28. The third-order valence-electron chi connectivity index (χ3n) is 2.37. The normalized spacial score (nSPS) is 9.95. The Morgan fingerprint density at radius 3 is 2.53 bits per heavy atom. The van der Waals surface area contributed by atoms with Gasteiger partial charge in [0.15, 0.2) is 0 Å². The summed E-state index contributed by atoms with van der Waals surface area (Å²) < 4.78 is 6.05. The number of hydrogen-bond donors (Lipinski definition) is 0. The number of nitro groups is 1. The number of hydrogen-bond acceptors (Lipinski definition) is 4. The number of para-hydroxylation sites is 2. The molecular formula is C13H8BrNO4. The summed E-state index contributed by atoms with van der Waals surface area (Å²) in [6.07, 6.45) is 0.708. The van der Waals surface area contributed by atoms with Crippen molar-refractivity contribution in [1.29, 1.82) is 0 Å². The van der Waals surface area contributed by atoms with Crippen molar-refractivity contribution in [3.63, 3.8) is 0 Å². The lowest BCUT2D eigenvalue weighted by Gasteiger charge is -2.08. The molecule has 0 bridgehead atoms. The van der Waals surface area contributed by atoms with E-state index in [4.69, 9.17) is 4.74 Å². The van der Waals surface area contributed by atoms with E-state index < -0.39 is 4.92 Å². The second kappa shape index (κ2) is 5.62. The van der Waals surface area contributed by atoms with E-state index in [1.807, 2.05) is 0 Å². The highest BCUT2D eigenvalue weighted by Gasteiger charge is 2.15. The molecule has 0 N–H and O–H groups in total. The number of halogens is 1. The molecule has 0 aliphatic rings. The molecule has 0 aliphatic heterocycles. The first-order chi connectivity index (χ1) is 9.11. The Kier molecular flexibility index (Phi) is 3.91. The van der Waals surface area contributed by atoms with E-state index in [9.17, 15) is 14.9 Å². The van der Waals surface area contributed by atoms with Crippen LogP contribution in [0.5, 0.6) is 11.5 Å². The van der Waals surface area contributed by atoms with Crippen LogP contribution < -0.4 is 4.74 Å². The van der Waals surface area contributed by atoms with Crippen LogP contribution in [0.2, 0.25) is 0 Å². The molecule has 19 heavy (non-hydrogen) atoms. The molecule has 2 aromatic rings. The van der Waals surface area contributed by atoms with E-state index in [0.29, 0.717) is 22.1 Å². The van der Waals surface area contributed by atoms with E-state index in [0.717, 1.165) is 0 Å². The van der Waals surface area contributed by atoms with E-state index in [1.165, 1.54) is 12.1 Å². The van der Waals surface area contributed by atoms with Gasteiger partial charge in [0.05, 0.1) is 9.40 Å². The SMILES string of the molecule is O=Cc1ccc(Oc2ccccc2[N+](=O)[O-])c(Br)c1. The maximum Gasteiger partial charge on any atom is 0.311 e. The van der Waals surface area contributed by atoms with Crippen LogP contribution in [0.15, 0.2) is 46.9 Å². The first kappa shape index (κ1) is 13.2. The monoisotopic (exact) mass is 321 g/mol. The van der Waals surface area contributed by atoms with Crippen LogP contribution in [-0.2, 0) is 0 Å². The number of nitro benzene ring substituents is 1. The van der Waals surface area contributed by atoms with Gasteiger partial charge < -0.3 is 4.74 Å². The van der Waals surface area contributed by atoms with Crippen molar-refractivity contribution >= 4 is 27.9 Å². The number of carbonyl (C=O) groups is 1. The highest BCUT2D eigenvalue weighted by molar-refractivity contribution is 9.10. The molecule has 0 fully saturated rings. The third-order valence-corrected chi connectivity index (χ3v) is 2.99. The summed E-state index contributed by atoms with van der Waals surface area (Å²) >= 11 is 3.25. The average molecular weight is 322 g/mol. The fourth-order valence-electron chi connectivity index (χ4n) is 1.49. The minimum atomic E-state index is -0.511. The summed E-state index contributed by atoms with van der Waals surface area (Å²) in [6.45, 7) is 0. The summed E-state index contributed by atoms with van der Waals surface area (Å²) in [5, 5.41) is 10.9. The maximum atomic E-state index is 10.9. The minimum absolute atomic E-state index is 0.117. The van der Waals surface area contributed by atoms with Crippen molar-refractivity contribution in [2.24, 2.45) is 0 Å². The molecule has 0 radical (unpaired) electrons. The van der Waals surface area contributed by atoms with Gasteiger partial charge in [-0.15, -0.1) is 0 Å². The minimum Gasteiger partial charge on any atom is -0.449 e. The lowest BCUT2D eigenvalue weighted by atomic mass is 10.2. The summed E-state index contributed by atoms with van der Waals surface area (Å²) in [7, 11) is 0. The summed E-state index contributed by atoms with van der Waals surface area (Å²) in [4.78, 5) is 21.0. The molecule has 0 unspecified atom stereocenters. The Bertz CT molecular complexity index is 642. The molecule has 2 aromatic carbocycles. The molecule has 0 spiro atoms. The largest absolute Gasteiger partial charge is 0.449 e. The molecule has 0 saturated heterocycles. The molecule has 2 rings (SSSR count). The van der Waals surface area contributed by atoms with Gasteiger partial charge in [-0.25, -0.2) is 0 Å². The molecule has 6 heteroatoms. The molecule has 0 atom stereocenters. The van der Waals surface area contributed by atoms with Gasteiger partial charge in [0.1, 0.15) is 12.0 Å². The van der Waals surface area contributed by atoms with Crippen molar-refractivity contribution in [3.05, 3.63) is 62.6 Å². The maximum absolute atomic E-state index is 10.9. The van der Waals surface area contributed by atoms with Gasteiger partial charge in [-0.3, -0.25) is 14.9 Å². The van der Waals surface area contributed by atoms with Crippen LogP contribution >= 0.6 is 15.9 Å². The number of benzene rings is 2. The van der Waals surface area contributed by atoms with Crippen LogP contribution in [0.3, 0.4) is 0 Å². The molecule has 5 nitrogen and oxygen atoms in total. The molecule has 96 valence electrons. The molecule has 0 amide bonds. The van der Waals surface area contributed by atoms with Crippen LogP contribution in [0.1, 0.15) is 10.4 Å². The average Bonchev–Trinajstić information content (AvgIpc) is 2.41. The number of aldehydes is 1. The molecule has 0 aromatic heterocycles. The summed E-state index contributed by atoms with van der Waals surface area (Å²) in [5.41, 5.74) is 0.371. The lowest BCUT2D eigenvalue weighted by molar-refractivity contribution is -0.385. The lowest BCUT2D eigenvalue weighted by Crippen LogP contribution is -1.93. The van der Waals surface area contributed by atoms with Crippen molar-refractivity contribution in [2.45, 2.75) is 0 Å². The molecule has 0 aliphatic carbocycles. The topological polar surface area (TPSA) is 69.4 Å². The number of ether oxygens (including phenoxy) is 1. The van der Waals surface area contributed by atoms with Gasteiger partial charge >= 0.3 is 5.69 Å². The molecule has 0 heterocycles. The highest BCUT2D eigenvalue weighted by atomic mass is 79.9. The van der Waals surface area contributed by atoms with Crippen LogP contribution in [-0.4, -0.2) is 11.2 Å². The van der Waals surface area contributed by atoms with Gasteiger partial charge in [-0.05, 0) is 40.2 Å². The Morgan fingerprint density at radius 2 is 1.89 bits per heavy atom. The van der Waals surface area contributed by atoms with Gasteiger partial charge in [0.25, 0.3) is 0 Å². The molecule has 0 saturated carbocycles. The van der Waals surface area contributed by atoms with Crippen LogP contribution in [0, 0.1) is 10.1 Å². The first-order valence-corrected chi connectivity index (χ1v) is 6.07. The van der Waals surface area contributed by atoms with E-state index >= 15 is 0 Å². The predicted molar refractivity (Wildman–Crippen MR) is 72.7 cm³/mol. The Hall–Kier alpha value is -2.21. The Labute approximate surface area is 117 Å². The number of nitrogens with zero attached hydrogens (tertiary/aromatic N) is 1. The van der Waals surface area contributed by atoms with Gasteiger partial charge in [0.2, 0.25) is 5.75 Å². The van der Waals surface area contributed by atoms with Crippen molar-refractivity contribution < 1.29 is 14.5 Å². The van der Waals surface area contributed by atoms with Gasteiger partial charge in [0, 0.05) is 11.6 Å². The molecular weight excluding hydrogens is 314 g/mol. The summed E-state index contributed by atoms with van der Waals surface area (Å²) in [5.74, 6) is 0.548. The zero-order chi connectivity index (χ0) is 13.8. The zero-order valence-electron chi connectivity index (χ0n) is 9.58. The fourth-order valence-corrected chi connectivity index (χ4v) is 1.96. The second-order valence-electron chi connectivity index (χ2n) is 3.63. The van der Waals surface area contributed by atoms with E-state index in [1.54, 1.807) is 30.3 Å². The number of rotatable bonds is 4. The van der Waals surface area contributed by atoms with Gasteiger partial charge in [-0.2, -0.15) is 0 Å². The Balaban J connectivity index is 2.36. The second-order valence-corrected chi connectivity index (χ2v) is 4.49. The van der Waals surface area contributed by atoms with Crippen molar-refractivity contribution in [2.75, 3.05) is 0 Å². The van der Waals surface area contributed by atoms with Crippen molar-refractivity contribution in [3.8, 4) is 11.5 Å². The van der Waals surface area contributed by atoms with Crippen LogP contribution in [0.25, 0.3) is 0 Å². The highest BCUT2D eigenvalue weighted by Crippen LogP contribution is 2.34. The third kappa shape index (κ3) is 2.97. The zero-order valence-corrected chi connectivity index (χ0v) is 11.2. The standard InChI is InChI=1S/C13H8BrNO4/c14-10-7-9(8-16)5-6-12(10)19-13-4-2-1-3-11(13)15(17)18/h1-8H. The van der Waals surface area contributed by atoms with Crippen LogP contribution in [0.4, 0.5) is 5.69 Å². The van der Waals surface area contributed by atoms with Gasteiger partial charge in [-0.1, -0.05) is 12.1 Å². The Morgan fingerprint density at radius 1 is 1.16 bits per heavy atom. The quantitative estimate of drug-likeness (QED) is 0.485. The number of carbonyl (C=O) groups excluding carboxylic acids is 1. The van der Waals surface area contributed by atoms with Crippen molar-refractivity contribution in [1.82, 2.24) is 0 Å². The predicted octanol–water partition coefficient (Wildman–Crippen LogP) is 3.96. The van der Waals surface area contributed by atoms with E-state index in [2.05, 4.69) is 15.9 Å². The summed E-state index contributed by atoms with van der Waals surface area (Å²) in [6, 6.07) is 10.8. The van der Waals surface area contributed by atoms with E-state index in [-0.39, 0.29) is 11.4 Å². The smallest absolute Gasteiger partial charge is 0.311 e.